The molecule has 5 N–H and O–H groups in total. The van der Waals surface area contributed by atoms with Crippen LogP contribution >= 0.6 is 11.6 Å². The first-order valence-electron chi connectivity index (χ1n) is 5.55. The third-order valence-electron chi connectivity index (χ3n) is 2.46. The number of aromatic nitrogens is 1. The van der Waals surface area contributed by atoms with Gasteiger partial charge in [0.1, 0.15) is 0 Å². The smallest absolute Gasteiger partial charge is 0.255 e. The maximum absolute atomic E-state index is 12.1. The molecule has 5 nitrogen and oxygen atoms in total. The molecule has 0 atom stereocenters. The first-order valence-corrected chi connectivity index (χ1v) is 5.93. The third-order valence-corrected chi connectivity index (χ3v) is 2.77. The lowest BCUT2D eigenvalue weighted by Crippen LogP contribution is -2.13. The van der Waals surface area contributed by atoms with Gasteiger partial charge in [-0.15, -0.1) is 0 Å². The lowest BCUT2D eigenvalue weighted by atomic mass is 10.1. The van der Waals surface area contributed by atoms with Gasteiger partial charge in [-0.1, -0.05) is 11.6 Å². The number of nitrogens with two attached hydrogens (primary N) is 2. The van der Waals surface area contributed by atoms with Crippen molar-refractivity contribution in [3.05, 3.63) is 46.7 Å². The summed E-state index contributed by atoms with van der Waals surface area (Å²) >= 11 is 5.92. The Morgan fingerprint density at radius 3 is 2.47 bits per heavy atom. The Morgan fingerprint density at radius 2 is 1.84 bits per heavy atom. The van der Waals surface area contributed by atoms with Crippen LogP contribution in [0, 0.1) is 6.92 Å². The van der Waals surface area contributed by atoms with Crippen LogP contribution in [0.2, 0.25) is 5.15 Å². The summed E-state index contributed by atoms with van der Waals surface area (Å²) < 4.78 is 0. The Hall–Kier alpha value is -2.27. The quantitative estimate of drug-likeness (QED) is 0.580. The summed E-state index contributed by atoms with van der Waals surface area (Å²) in [5.74, 6) is -0.340. The van der Waals surface area contributed by atoms with Gasteiger partial charge in [0.15, 0.2) is 5.15 Å². The van der Waals surface area contributed by atoms with E-state index in [-0.39, 0.29) is 11.1 Å². The van der Waals surface area contributed by atoms with Crippen molar-refractivity contribution in [2.45, 2.75) is 6.92 Å². The summed E-state index contributed by atoms with van der Waals surface area (Å²) in [6.07, 6.45) is 1.62. The van der Waals surface area contributed by atoms with Crippen LogP contribution in [0.25, 0.3) is 0 Å². The van der Waals surface area contributed by atoms with Crippen molar-refractivity contribution in [3.63, 3.8) is 0 Å². The van der Waals surface area contributed by atoms with E-state index in [1.807, 2.05) is 6.92 Å². The molecule has 0 spiro atoms. The van der Waals surface area contributed by atoms with Gasteiger partial charge < -0.3 is 16.8 Å². The van der Waals surface area contributed by atoms with Crippen LogP contribution in [0.3, 0.4) is 0 Å². The van der Waals surface area contributed by atoms with Crippen LogP contribution < -0.4 is 16.8 Å². The second-order valence-electron chi connectivity index (χ2n) is 4.19. The number of amides is 1. The molecular formula is C13H13ClN4O. The number of nitrogens with zero attached hydrogens (tertiary/aromatic N) is 1. The van der Waals surface area contributed by atoms with E-state index >= 15 is 0 Å². The summed E-state index contributed by atoms with van der Waals surface area (Å²) in [5, 5.41) is 2.91. The Kier molecular flexibility index (Phi) is 3.57. The highest BCUT2D eigenvalue weighted by atomic mass is 35.5. The van der Waals surface area contributed by atoms with Crippen molar-refractivity contribution in [2.75, 3.05) is 16.8 Å². The van der Waals surface area contributed by atoms with Crippen molar-refractivity contribution >= 4 is 34.6 Å². The highest BCUT2D eigenvalue weighted by molar-refractivity contribution is 6.32. The minimum Gasteiger partial charge on any atom is -0.399 e. The van der Waals surface area contributed by atoms with Crippen molar-refractivity contribution < 1.29 is 4.79 Å². The average Bonchev–Trinajstić information content (AvgIpc) is 2.32. The lowest BCUT2D eigenvalue weighted by Gasteiger charge is -2.08. The van der Waals surface area contributed by atoms with Crippen LogP contribution in [0.15, 0.2) is 30.5 Å². The van der Waals surface area contributed by atoms with E-state index in [9.17, 15) is 4.79 Å². The van der Waals surface area contributed by atoms with Crippen molar-refractivity contribution in [1.82, 2.24) is 4.98 Å². The number of hydrogen-bond donors (Lipinski definition) is 3. The third kappa shape index (κ3) is 3.14. The Labute approximate surface area is 115 Å². The Balaban J connectivity index is 2.28. The predicted octanol–water partition coefficient (Wildman–Crippen LogP) is 2.46. The molecule has 1 aromatic heterocycles. The molecule has 0 saturated heterocycles. The van der Waals surface area contributed by atoms with Crippen molar-refractivity contribution in [1.29, 1.82) is 0 Å². The maximum Gasteiger partial charge on any atom is 0.255 e. The second kappa shape index (κ2) is 5.16. The summed E-state index contributed by atoms with van der Waals surface area (Å²) in [6.45, 7) is 1.86. The SMILES string of the molecule is Cc1cnc(Cl)c(NC(=O)c2cc(N)cc(N)c2)c1. The van der Waals surface area contributed by atoms with E-state index < -0.39 is 0 Å². The highest BCUT2D eigenvalue weighted by Gasteiger charge is 2.10. The van der Waals surface area contributed by atoms with Gasteiger partial charge in [-0.3, -0.25) is 4.79 Å². The molecule has 1 heterocycles. The molecular weight excluding hydrogens is 264 g/mol. The van der Waals surface area contributed by atoms with Gasteiger partial charge in [-0.2, -0.15) is 0 Å². The zero-order chi connectivity index (χ0) is 14.0. The molecule has 0 fully saturated rings. The minimum atomic E-state index is -0.340. The van der Waals surface area contributed by atoms with Crippen molar-refractivity contribution in [3.8, 4) is 0 Å². The molecule has 0 aliphatic carbocycles. The predicted molar refractivity (Wildman–Crippen MR) is 77.2 cm³/mol. The van der Waals surface area contributed by atoms with E-state index in [1.165, 1.54) is 0 Å². The fourth-order valence-electron chi connectivity index (χ4n) is 1.64. The van der Waals surface area contributed by atoms with E-state index in [0.29, 0.717) is 22.6 Å². The number of anilines is 3. The maximum atomic E-state index is 12.1. The van der Waals surface area contributed by atoms with E-state index in [1.54, 1.807) is 30.5 Å². The van der Waals surface area contributed by atoms with E-state index in [0.717, 1.165) is 5.56 Å². The Morgan fingerprint density at radius 1 is 1.21 bits per heavy atom. The number of benzene rings is 1. The fraction of sp³-hybridized carbons (Fsp3) is 0.0769. The normalized spacial score (nSPS) is 10.2. The molecule has 0 bridgehead atoms. The number of nitrogens with one attached hydrogen (secondary N) is 1. The van der Waals surface area contributed by atoms with Gasteiger partial charge in [0.25, 0.3) is 5.91 Å². The van der Waals surface area contributed by atoms with Crippen LogP contribution in [-0.4, -0.2) is 10.9 Å². The zero-order valence-electron chi connectivity index (χ0n) is 10.3. The van der Waals surface area contributed by atoms with Gasteiger partial charge in [0.2, 0.25) is 0 Å². The molecule has 6 heteroatoms. The molecule has 1 aromatic carbocycles. The molecule has 19 heavy (non-hydrogen) atoms. The van der Waals surface area contributed by atoms with Crippen LogP contribution in [0.4, 0.5) is 17.1 Å². The lowest BCUT2D eigenvalue weighted by molar-refractivity contribution is 0.102. The molecule has 0 saturated carbocycles. The molecule has 0 aliphatic heterocycles. The highest BCUT2D eigenvalue weighted by Crippen LogP contribution is 2.21. The molecule has 2 aromatic rings. The monoisotopic (exact) mass is 276 g/mol. The number of rotatable bonds is 2. The Bertz CT molecular complexity index is 622. The fourth-order valence-corrected chi connectivity index (χ4v) is 1.79. The van der Waals surface area contributed by atoms with Gasteiger partial charge in [0, 0.05) is 23.1 Å². The molecule has 1 amide bonds. The second-order valence-corrected chi connectivity index (χ2v) is 4.55. The number of nitrogen functional groups attached to an aromatic ring is 2. The molecule has 0 radical (unpaired) electrons. The van der Waals surface area contributed by atoms with E-state index in [4.69, 9.17) is 23.1 Å². The molecule has 98 valence electrons. The summed E-state index contributed by atoms with van der Waals surface area (Å²) in [4.78, 5) is 16.0. The van der Waals surface area contributed by atoms with Gasteiger partial charge in [-0.25, -0.2) is 4.98 Å². The number of carbonyl (C=O) groups excluding carboxylic acids is 1. The zero-order valence-corrected chi connectivity index (χ0v) is 11.0. The first kappa shape index (κ1) is 13.2. The first-order chi connectivity index (χ1) is 8.95. The summed E-state index contributed by atoms with van der Waals surface area (Å²) in [7, 11) is 0. The standard InChI is InChI=1S/C13H13ClN4O/c1-7-2-11(12(14)17-6-7)18-13(19)8-3-9(15)5-10(16)4-8/h2-6H,15-16H2,1H3,(H,18,19). The molecule has 0 aliphatic rings. The number of pyridine rings is 1. The number of carbonyl (C=O) groups is 1. The van der Waals surface area contributed by atoms with Gasteiger partial charge in [0.05, 0.1) is 5.69 Å². The van der Waals surface area contributed by atoms with Gasteiger partial charge >= 0.3 is 0 Å². The largest absolute Gasteiger partial charge is 0.399 e. The number of hydrogen-bond acceptors (Lipinski definition) is 4. The van der Waals surface area contributed by atoms with Crippen LogP contribution in [0.1, 0.15) is 15.9 Å². The number of halogens is 1. The topological polar surface area (TPSA) is 94.0 Å². The summed E-state index contributed by atoms with van der Waals surface area (Å²) in [6, 6.07) is 6.41. The minimum absolute atomic E-state index is 0.232. The van der Waals surface area contributed by atoms with E-state index in [2.05, 4.69) is 10.3 Å². The molecule has 0 unspecified atom stereocenters. The van der Waals surface area contributed by atoms with Gasteiger partial charge in [-0.05, 0) is 36.8 Å². The molecule has 2 rings (SSSR count). The van der Waals surface area contributed by atoms with Crippen LogP contribution in [-0.2, 0) is 0 Å². The van der Waals surface area contributed by atoms with Crippen LogP contribution in [0.5, 0.6) is 0 Å². The van der Waals surface area contributed by atoms with Crippen molar-refractivity contribution in [2.24, 2.45) is 0 Å². The summed E-state index contributed by atoms with van der Waals surface area (Å²) in [5.41, 5.74) is 13.9. The number of aryl methyl sites for hydroxylation is 1. The average molecular weight is 277 g/mol.